The number of hydrogen-bond acceptors (Lipinski definition) is 5. The molecule has 1 aliphatic heterocycles. The molecule has 0 spiro atoms. The van der Waals surface area contributed by atoms with E-state index in [4.69, 9.17) is 4.63 Å². The van der Waals surface area contributed by atoms with Crippen LogP contribution in [0.2, 0.25) is 0 Å². The van der Waals surface area contributed by atoms with Gasteiger partial charge in [-0.3, -0.25) is 4.79 Å². The summed E-state index contributed by atoms with van der Waals surface area (Å²) in [6.07, 6.45) is 4.32. The lowest BCUT2D eigenvalue weighted by atomic mass is 10.1. The van der Waals surface area contributed by atoms with Crippen molar-refractivity contribution in [2.75, 3.05) is 13.1 Å². The normalized spacial score (nSPS) is 18.2. The van der Waals surface area contributed by atoms with E-state index in [-0.39, 0.29) is 5.91 Å². The fourth-order valence-electron chi connectivity index (χ4n) is 3.25. The molecule has 7 heteroatoms. The molecule has 0 N–H and O–H groups in total. The van der Waals surface area contributed by atoms with Gasteiger partial charge in [-0.15, -0.1) is 0 Å². The van der Waals surface area contributed by atoms with Gasteiger partial charge in [0.15, 0.2) is 0 Å². The van der Waals surface area contributed by atoms with Crippen LogP contribution in [0, 0.1) is 5.92 Å². The van der Waals surface area contributed by atoms with E-state index in [9.17, 15) is 4.79 Å². The summed E-state index contributed by atoms with van der Waals surface area (Å²) in [6, 6.07) is 5.74. The molecule has 23 heavy (non-hydrogen) atoms. The van der Waals surface area contributed by atoms with Gasteiger partial charge in [-0.25, -0.2) is 9.61 Å². The number of imidazole rings is 1. The highest BCUT2D eigenvalue weighted by atomic mass is 16.6. The molecule has 1 amide bonds. The molecule has 0 saturated carbocycles. The summed E-state index contributed by atoms with van der Waals surface area (Å²) in [7, 11) is 0. The quantitative estimate of drug-likeness (QED) is 0.736. The summed E-state index contributed by atoms with van der Waals surface area (Å²) in [4.78, 5) is 18.3. The predicted molar refractivity (Wildman–Crippen MR) is 83.4 cm³/mol. The minimum absolute atomic E-state index is 0.238. The molecule has 1 aromatic carbocycles. The molecule has 1 aliphatic rings. The number of aromatic nitrogens is 4. The van der Waals surface area contributed by atoms with E-state index in [1.165, 1.54) is 0 Å². The van der Waals surface area contributed by atoms with Crippen molar-refractivity contribution in [3.8, 4) is 11.4 Å². The summed E-state index contributed by atoms with van der Waals surface area (Å²) in [6.45, 7) is 4.36. The van der Waals surface area contributed by atoms with Gasteiger partial charge in [0.25, 0.3) is 0 Å². The third-order valence-corrected chi connectivity index (χ3v) is 4.37. The lowest BCUT2D eigenvalue weighted by molar-refractivity contribution is -0.127. The molecule has 4 rings (SSSR count). The lowest BCUT2D eigenvalue weighted by Gasteiger charge is -2.15. The third-order valence-electron chi connectivity index (χ3n) is 4.37. The van der Waals surface area contributed by atoms with Gasteiger partial charge in [0.05, 0.1) is 0 Å². The Bertz CT molecular complexity index is 853. The van der Waals surface area contributed by atoms with Crippen LogP contribution in [0.15, 0.2) is 35.2 Å². The van der Waals surface area contributed by atoms with E-state index in [1.54, 1.807) is 6.20 Å². The second kappa shape index (κ2) is 5.49. The Morgan fingerprint density at radius 3 is 3.09 bits per heavy atom. The number of rotatable bonds is 4. The molecule has 0 radical (unpaired) electrons. The van der Waals surface area contributed by atoms with Gasteiger partial charge in [0.2, 0.25) is 5.91 Å². The molecule has 7 nitrogen and oxygen atoms in total. The molecule has 3 heterocycles. The van der Waals surface area contributed by atoms with Gasteiger partial charge in [-0.1, -0.05) is 6.07 Å². The maximum atomic E-state index is 11.9. The molecule has 118 valence electrons. The Kier molecular flexibility index (Phi) is 3.33. The molecule has 1 saturated heterocycles. The molecule has 0 bridgehead atoms. The summed E-state index contributed by atoms with van der Waals surface area (Å²) in [5.74, 6) is 1.38. The lowest BCUT2D eigenvalue weighted by Crippen LogP contribution is -2.25. The first-order chi connectivity index (χ1) is 11.3. The minimum Gasteiger partial charge on any atom is -0.343 e. The first kappa shape index (κ1) is 13.9. The Morgan fingerprint density at radius 2 is 2.26 bits per heavy atom. The van der Waals surface area contributed by atoms with Crippen LogP contribution in [0.4, 0.5) is 0 Å². The molecular weight excluding hydrogens is 294 g/mol. The monoisotopic (exact) mass is 311 g/mol. The number of hydrogen-bond donors (Lipinski definition) is 0. The zero-order valence-corrected chi connectivity index (χ0v) is 12.8. The Balaban J connectivity index is 1.64. The molecule has 0 aliphatic carbocycles. The van der Waals surface area contributed by atoms with Crippen molar-refractivity contribution in [1.29, 1.82) is 0 Å². The van der Waals surface area contributed by atoms with Crippen molar-refractivity contribution in [2.24, 2.45) is 5.92 Å². The number of benzene rings is 1. The van der Waals surface area contributed by atoms with Crippen molar-refractivity contribution in [1.82, 2.24) is 24.8 Å². The smallest absolute Gasteiger partial charge is 0.222 e. The number of likely N-dealkylation sites (tertiary alicyclic amines) is 1. The van der Waals surface area contributed by atoms with Crippen LogP contribution in [-0.2, 0) is 11.3 Å². The van der Waals surface area contributed by atoms with Crippen molar-refractivity contribution in [3.63, 3.8) is 0 Å². The first-order valence-electron chi connectivity index (χ1n) is 7.77. The van der Waals surface area contributed by atoms with Crippen molar-refractivity contribution >= 4 is 16.9 Å². The molecule has 1 unspecified atom stereocenters. The van der Waals surface area contributed by atoms with Crippen LogP contribution in [0.5, 0.6) is 0 Å². The predicted octanol–water partition coefficient (Wildman–Crippen LogP) is 1.95. The summed E-state index contributed by atoms with van der Waals surface area (Å²) >= 11 is 0. The molecule has 1 atom stereocenters. The SMILES string of the molecule is CCN1CC(Cn2ccnc2-c2cccc3nonc23)CC1=O. The highest BCUT2D eigenvalue weighted by Crippen LogP contribution is 2.27. The zero-order valence-electron chi connectivity index (χ0n) is 12.8. The van der Waals surface area contributed by atoms with Gasteiger partial charge in [-0.2, -0.15) is 0 Å². The van der Waals surface area contributed by atoms with Gasteiger partial charge < -0.3 is 9.47 Å². The van der Waals surface area contributed by atoms with E-state index >= 15 is 0 Å². The van der Waals surface area contributed by atoms with Gasteiger partial charge in [0.1, 0.15) is 16.9 Å². The van der Waals surface area contributed by atoms with Crippen LogP contribution in [0.3, 0.4) is 0 Å². The van der Waals surface area contributed by atoms with Gasteiger partial charge in [-0.05, 0) is 29.4 Å². The Morgan fingerprint density at radius 1 is 1.35 bits per heavy atom. The number of carbonyl (C=O) groups excluding carboxylic acids is 1. The second-order valence-corrected chi connectivity index (χ2v) is 5.84. The maximum absolute atomic E-state index is 11.9. The second-order valence-electron chi connectivity index (χ2n) is 5.84. The summed E-state index contributed by atoms with van der Waals surface area (Å²) < 4.78 is 6.92. The van der Waals surface area contributed by atoms with Crippen LogP contribution in [-0.4, -0.2) is 43.8 Å². The molecule has 2 aromatic heterocycles. The van der Waals surface area contributed by atoms with Crippen LogP contribution < -0.4 is 0 Å². The Labute approximate surface area is 132 Å². The van der Waals surface area contributed by atoms with E-state index in [1.807, 2.05) is 36.2 Å². The zero-order chi connectivity index (χ0) is 15.8. The number of carbonyl (C=O) groups is 1. The average Bonchev–Trinajstić information content (AvgIpc) is 3.26. The summed E-state index contributed by atoms with van der Waals surface area (Å²) in [5, 5.41) is 7.86. The highest BCUT2D eigenvalue weighted by Gasteiger charge is 2.29. The van der Waals surface area contributed by atoms with E-state index < -0.39 is 0 Å². The maximum Gasteiger partial charge on any atom is 0.222 e. The van der Waals surface area contributed by atoms with Crippen LogP contribution in [0.25, 0.3) is 22.4 Å². The topological polar surface area (TPSA) is 77.1 Å². The first-order valence-corrected chi connectivity index (χ1v) is 7.77. The van der Waals surface area contributed by atoms with Crippen molar-refractivity contribution in [2.45, 2.75) is 19.9 Å². The van der Waals surface area contributed by atoms with E-state index in [2.05, 4.69) is 19.9 Å². The minimum atomic E-state index is 0.238. The third kappa shape index (κ3) is 2.38. The van der Waals surface area contributed by atoms with E-state index in [0.29, 0.717) is 23.4 Å². The molecule has 3 aromatic rings. The summed E-state index contributed by atoms with van der Waals surface area (Å²) in [5.41, 5.74) is 2.31. The van der Waals surface area contributed by atoms with Crippen molar-refractivity contribution in [3.05, 3.63) is 30.6 Å². The number of amides is 1. The highest BCUT2D eigenvalue weighted by molar-refractivity contribution is 5.88. The van der Waals surface area contributed by atoms with Crippen LogP contribution >= 0.6 is 0 Å². The molecular formula is C16H17N5O2. The number of fused-ring (bicyclic) bond motifs is 1. The van der Waals surface area contributed by atoms with E-state index in [0.717, 1.165) is 31.0 Å². The van der Waals surface area contributed by atoms with Gasteiger partial charge in [0, 0.05) is 49.9 Å². The largest absolute Gasteiger partial charge is 0.343 e. The fraction of sp³-hybridized carbons (Fsp3) is 0.375. The molecule has 1 fully saturated rings. The van der Waals surface area contributed by atoms with Gasteiger partial charge >= 0.3 is 0 Å². The average molecular weight is 311 g/mol. The Hall–Kier alpha value is -2.70. The number of nitrogens with zero attached hydrogens (tertiary/aromatic N) is 5. The van der Waals surface area contributed by atoms with Crippen molar-refractivity contribution < 1.29 is 9.42 Å². The van der Waals surface area contributed by atoms with Crippen LogP contribution in [0.1, 0.15) is 13.3 Å². The standard InChI is InChI=1S/C16H17N5O2/c1-2-20-9-11(8-14(20)22)10-21-7-6-17-16(21)12-4-3-5-13-15(12)19-23-18-13/h3-7,11H,2,8-10H2,1H3. The fourth-order valence-corrected chi connectivity index (χ4v) is 3.25.